The molecule has 0 spiro atoms. The second-order valence-electron chi connectivity index (χ2n) is 4.47. The van der Waals surface area contributed by atoms with Crippen molar-refractivity contribution >= 4 is 16.5 Å². The molecule has 0 radical (unpaired) electrons. The van der Waals surface area contributed by atoms with E-state index in [1.165, 1.54) is 29.0 Å². The first-order valence-electron chi connectivity index (χ1n) is 6.27. The van der Waals surface area contributed by atoms with Gasteiger partial charge in [-0.1, -0.05) is 0 Å². The molecule has 1 heterocycles. The summed E-state index contributed by atoms with van der Waals surface area (Å²) in [6, 6.07) is 6.05. The van der Waals surface area contributed by atoms with E-state index in [1.807, 2.05) is 0 Å². The summed E-state index contributed by atoms with van der Waals surface area (Å²) >= 11 is 0. The summed E-state index contributed by atoms with van der Waals surface area (Å²) in [6.45, 7) is 0.360. The van der Waals surface area contributed by atoms with Gasteiger partial charge in [-0.15, -0.1) is 0 Å². The Hall–Kier alpha value is -2.02. The van der Waals surface area contributed by atoms with E-state index in [1.54, 1.807) is 0 Å². The Morgan fingerprint density at radius 1 is 1.14 bits per heavy atom. The molecule has 4 nitrogen and oxygen atoms in total. The maximum absolute atomic E-state index is 13.1. The fourth-order valence-electron chi connectivity index (χ4n) is 1.83. The highest BCUT2D eigenvalue weighted by molar-refractivity contribution is 7.85. The first-order valence-corrected chi connectivity index (χ1v) is 7.58. The first-order chi connectivity index (χ1) is 9.97. The van der Waals surface area contributed by atoms with E-state index in [-0.39, 0.29) is 16.2 Å². The fourth-order valence-corrected chi connectivity index (χ4v) is 2.91. The fraction of sp³-hybridized carbons (Fsp3) is 0.214. The van der Waals surface area contributed by atoms with Gasteiger partial charge < -0.3 is 10.3 Å². The van der Waals surface area contributed by atoms with Crippen LogP contribution in [0.15, 0.2) is 46.2 Å². The molecule has 0 fully saturated rings. The van der Waals surface area contributed by atoms with Gasteiger partial charge in [-0.2, -0.15) is 0 Å². The van der Waals surface area contributed by atoms with Crippen LogP contribution in [0.2, 0.25) is 0 Å². The Labute approximate surface area is 122 Å². The minimum absolute atomic E-state index is 0.192. The van der Waals surface area contributed by atoms with Gasteiger partial charge in [0.15, 0.2) is 11.6 Å². The van der Waals surface area contributed by atoms with E-state index in [0.29, 0.717) is 18.7 Å². The molecular weight excluding hydrogens is 298 g/mol. The molecule has 112 valence electrons. The summed E-state index contributed by atoms with van der Waals surface area (Å²) in [4.78, 5) is 11.8. The van der Waals surface area contributed by atoms with Gasteiger partial charge in [-0.05, 0) is 30.7 Å². The number of halogens is 2. The van der Waals surface area contributed by atoms with Crippen molar-refractivity contribution in [2.24, 2.45) is 0 Å². The van der Waals surface area contributed by atoms with Crippen LogP contribution in [0.3, 0.4) is 0 Å². The molecule has 1 unspecified atom stereocenters. The van der Waals surface area contributed by atoms with Gasteiger partial charge in [0, 0.05) is 35.1 Å². The lowest BCUT2D eigenvalue weighted by atomic mass is 10.3. The topological polar surface area (TPSA) is 65.1 Å². The third kappa shape index (κ3) is 3.98. The van der Waals surface area contributed by atoms with Crippen LogP contribution < -0.4 is 11.3 Å². The molecule has 21 heavy (non-hydrogen) atoms. The highest BCUT2D eigenvalue weighted by Crippen LogP contribution is 2.13. The molecule has 0 saturated carbocycles. The second kappa shape index (κ2) is 6.62. The Morgan fingerprint density at radius 2 is 1.90 bits per heavy atom. The number of pyridine rings is 1. The SMILES string of the molecule is Nc1ccc(=O)n(CCCS(=O)c2ccc(F)c(F)c2)c1. The number of aryl methyl sites for hydroxylation is 1. The van der Waals surface area contributed by atoms with E-state index in [2.05, 4.69) is 0 Å². The van der Waals surface area contributed by atoms with Gasteiger partial charge in [0.25, 0.3) is 5.56 Å². The van der Waals surface area contributed by atoms with Crippen molar-refractivity contribution in [2.45, 2.75) is 17.9 Å². The zero-order valence-electron chi connectivity index (χ0n) is 11.1. The van der Waals surface area contributed by atoms with Crippen molar-refractivity contribution in [1.29, 1.82) is 0 Å². The van der Waals surface area contributed by atoms with Gasteiger partial charge >= 0.3 is 0 Å². The minimum Gasteiger partial charge on any atom is -0.398 e. The van der Waals surface area contributed by atoms with Crippen LogP contribution in [0.5, 0.6) is 0 Å². The predicted molar refractivity (Wildman–Crippen MR) is 77.4 cm³/mol. The lowest BCUT2D eigenvalue weighted by Crippen LogP contribution is -2.19. The summed E-state index contributed by atoms with van der Waals surface area (Å²) in [5.74, 6) is -1.75. The van der Waals surface area contributed by atoms with Crippen molar-refractivity contribution in [3.63, 3.8) is 0 Å². The lowest BCUT2D eigenvalue weighted by molar-refractivity contribution is 0.505. The number of hydrogen-bond acceptors (Lipinski definition) is 3. The lowest BCUT2D eigenvalue weighted by Gasteiger charge is -2.06. The molecule has 2 N–H and O–H groups in total. The normalized spacial score (nSPS) is 12.3. The standard InChI is InChI=1S/C14H14F2N2O2S/c15-12-4-3-11(8-13(12)16)21(20)7-1-6-18-9-10(17)2-5-14(18)19/h2-5,8-9H,1,6-7,17H2. The monoisotopic (exact) mass is 312 g/mol. The maximum Gasteiger partial charge on any atom is 0.250 e. The quantitative estimate of drug-likeness (QED) is 0.917. The van der Waals surface area contributed by atoms with Gasteiger partial charge in [0.1, 0.15) is 0 Å². The van der Waals surface area contributed by atoms with Crippen molar-refractivity contribution in [3.8, 4) is 0 Å². The zero-order valence-corrected chi connectivity index (χ0v) is 11.9. The Kier molecular flexibility index (Phi) is 4.85. The van der Waals surface area contributed by atoms with Crippen LogP contribution in [0, 0.1) is 11.6 Å². The number of nitrogen functional groups attached to an aromatic ring is 1. The molecule has 0 amide bonds. The van der Waals surface area contributed by atoms with E-state index < -0.39 is 22.4 Å². The summed E-state index contributed by atoms with van der Waals surface area (Å²) in [5, 5.41) is 0. The van der Waals surface area contributed by atoms with E-state index in [9.17, 15) is 17.8 Å². The molecule has 0 aliphatic rings. The van der Waals surface area contributed by atoms with Crippen molar-refractivity contribution in [1.82, 2.24) is 4.57 Å². The third-order valence-electron chi connectivity index (χ3n) is 2.89. The molecule has 0 aliphatic carbocycles. The van der Waals surface area contributed by atoms with Gasteiger partial charge in [-0.25, -0.2) is 8.78 Å². The van der Waals surface area contributed by atoms with Gasteiger partial charge in [0.2, 0.25) is 0 Å². The van der Waals surface area contributed by atoms with Crippen LogP contribution in [0.1, 0.15) is 6.42 Å². The highest BCUT2D eigenvalue weighted by Gasteiger charge is 2.08. The summed E-state index contributed by atoms with van der Waals surface area (Å²) in [5.41, 5.74) is 5.86. The van der Waals surface area contributed by atoms with E-state index >= 15 is 0 Å². The highest BCUT2D eigenvalue weighted by atomic mass is 32.2. The molecule has 1 atom stereocenters. The summed E-state index contributed by atoms with van der Waals surface area (Å²) in [6.07, 6.45) is 1.97. The predicted octanol–water partition coefficient (Wildman–Crippen LogP) is 1.91. The Balaban J connectivity index is 1.96. The number of aromatic nitrogens is 1. The van der Waals surface area contributed by atoms with Crippen LogP contribution >= 0.6 is 0 Å². The third-order valence-corrected chi connectivity index (χ3v) is 4.33. The number of rotatable bonds is 5. The number of hydrogen-bond donors (Lipinski definition) is 1. The minimum atomic E-state index is -1.44. The maximum atomic E-state index is 13.1. The average molecular weight is 312 g/mol. The molecule has 7 heteroatoms. The Morgan fingerprint density at radius 3 is 2.62 bits per heavy atom. The molecule has 1 aromatic carbocycles. The zero-order chi connectivity index (χ0) is 15.4. The molecule has 0 bridgehead atoms. The molecule has 0 aliphatic heterocycles. The number of benzene rings is 1. The molecule has 1 aromatic heterocycles. The molecule has 2 rings (SSSR count). The van der Waals surface area contributed by atoms with Crippen molar-refractivity contribution in [2.75, 3.05) is 11.5 Å². The van der Waals surface area contributed by atoms with Crippen LogP contribution in [0.25, 0.3) is 0 Å². The van der Waals surface area contributed by atoms with Crippen LogP contribution in [-0.2, 0) is 17.3 Å². The number of nitrogens with zero attached hydrogens (tertiary/aromatic N) is 1. The smallest absolute Gasteiger partial charge is 0.250 e. The second-order valence-corrected chi connectivity index (χ2v) is 6.04. The van der Waals surface area contributed by atoms with Crippen molar-refractivity contribution < 1.29 is 13.0 Å². The van der Waals surface area contributed by atoms with Crippen molar-refractivity contribution in [3.05, 3.63) is 58.5 Å². The van der Waals surface area contributed by atoms with E-state index in [0.717, 1.165) is 12.1 Å². The van der Waals surface area contributed by atoms with Crippen LogP contribution in [0.4, 0.5) is 14.5 Å². The Bertz CT molecular complexity index is 731. The molecular formula is C14H14F2N2O2S. The van der Waals surface area contributed by atoms with Gasteiger partial charge in [0.05, 0.1) is 10.8 Å². The molecule has 0 saturated heterocycles. The average Bonchev–Trinajstić information content (AvgIpc) is 2.45. The number of nitrogens with two attached hydrogens (primary N) is 1. The van der Waals surface area contributed by atoms with Crippen LogP contribution in [-0.4, -0.2) is 14.5 Å². The van der Waals surface area contributed by atoms with Gasteiger partial charge in [-0.3, -0.25) is 9.00 Å². The summed E-state index contributed by atoms with van der Waals surface area (Å²) in [7, 11) is -1.44. The first kappa shape index (κ1) is 15.4. The largest absolute Gasteiger partial charge is 0.398 e. The molecule has 2 aromatic rings. The summed E-state index contributed by atoms with van der Waals surface area (Å²) < 4.78 is 39.2. The number of anilines is 1. The van der Waals surface area contributed by atoms with E-state index in [4.69, 9.17) is 5.73 Å².